The van der Waals surface area contributed by atoms with Gasteiger partial charge >= 0.3 is 5.97 Å². The summed E-state index contributed by atoms with van der Waals surface area (Å²) in [7, 11) is 0. The zero-order chi connectivity index (χ0) is 15.4. The monoisotopic (exact) mass is 327 g/mol. The minimum Gasteiger partial charge on any atom is -0.481 e. The summed E-state index contributed by atoms with van der Waals surface area (Å²) >= 11 is 12.0. The molecule has 0 aromatic heterocycles. The van der Waals surface area contributed by atoms with Crippen LogP contribution in [0.4, 0.5) is 0 Å². The predicted octanol–water partition coefficient (Wildman–Crippen LogP) is 3.47. The molecule has 1 aliphatic heterocycles. The first-order valence-electron chi connectivity index (χ1n) is 6.63. The average molecular weight is 328 g/mol. The summed E-state index contributed by atoms with van der Waals surface area (Å²) in [6.07, 6.45) is 4.56. The van der Waals surface area contributed by atoms with Crippen molar-refractivity contribution < 1.29 is 14.7 Å². The molecular formula is C15H15Cl2NO3. The van der Waals surface area contributed by atoms with Gasteiger partial charge in [0.2, 0.25) is 5.91 Å². The van der Waals surface area contributed by atoms with E-state index in [0.29, 0.717) is 22.2 Å². The Morgan fingerprint density at radius 3 is 2.86 bits per heavy atom. The first-order chi connectivity index (χ1) is 9.99. The Kier molecular flexibility index (Phi) is 5.26. The van der Waals surface area contributed by atoms with Crippen molar-refractivity contribution in [3.63, 3.8) is 0 Å². The normalized spacial score (nSPS) is 18.4. The number of likely N-dealkylation sites (tertiary alicyclic amines) is 1. The van der Waals surface area contributed by atoms with Crippen molar-refractivity contribution in [3.05, 3.63) is 39.9 Å². The molecular weight excluding hydrogens is 313 g/mol. The molecule has 1 N–H and O–H groups in total. The summed E-state index contributed by atoms with van der Waals surface area (Å²) < 4.78 is 0. The van der Waals surface area contributed by atoms with Crippen molar-refractivity contribution in [1.82, 2.24) is 4.90 Å². The summed E-state index contributed by atoms with van der Waals surface area (Å²) in [6.45, 7) is 0.588. The Balaban J connectivity index is 2.08. The number of carbonyl (C=O) groups is 2. The summed E-state index contributed by atoms with van der Waals surface area (Å²) in [5.74, 6) is -1.09. The van der Waals surface area contributed by atoms with Crippen molar-refractivity contribution in [2.45, 2.75) is 25.3 Å². The topological polar surface area (TPSA) is 57.6 Å². The molecule has 6 heteroatoms. The number of halogens is 2. The molecule has 0 spiro atoms. The van der Waals surface area contributed by atoms with Crippen LogP contribution in [0.5, 0.6) is 0 Å². The smallest absolute Gasteiger partial charge is 0.305 e. The summed E-state index contributed by atoms with van der Waals surface area (Å²) in [5, 5.41) is 9.68. The quantitative estimate of drug-likeness (QED) is 0.861. The molecule has 2 rings (SSSR count). The highest BCUT2D eigenvalue weighted by Crippen LogP contribution is 2.27. The third-order valence-corrected chi connectivity index (χ3v) is 4.29. The van der Waals surface area contributed by atoms with Crippen molar-refractivity contribution in [2.75, 3.05) is 6.54 Å². The van der Waals surface area contributed by atoms with Crippen molar-refractivity contribution >= 4 is 41.2 Å². The second kappa shape index (κ2) is 6.96. The van der Waals surface area contributed by atoms with Gasteiger partial charge in [-0.1, -0.05) is 35.3 Å². The molecule has 1 aromatic rings. The Bertz CT molecular complexity index is 586. The third-order valence-electron chi connectivity index (χ3n) is 3.46. The zero-order valence-corrected chi connectivity index (χ0v) is 12.8. The van der Waals surface area contributed by atoms with Crippen LogP contribution in [0.3, 0.4) is 0 Å². The van der Waals surface area contributed by atoms with E-state index in [4.69, 9.17) is 28.3 Å². The molecule has 1 saturated heterocycles. The maximum atomic E-state index is 12.2. The van der Waals surface area contributed by atoms with Crippen LogP contribution < -0.4 is 0 Å². The molecule has 0 saturated carbocycles. The SMILES string of the molecule is O=C(O)CC1CCCN1C(=O)C=Cc1cccc(Cl)c1Cl. The lowest BCUT2D eigenvalue weighted by Gasteiger charge is -2.21. The van der Waals surface area contributed by atoms with Crippen LogP contribution in [-0.4, -0.2) is 34.5 Å². The van der Waals surface area contributed by atoms with E-state index in [9.17, 15) is 9.59 Å². The molecule has 1 aromatic carbocycles. The van der Waals surface area contributed by atoms with Gasteiger partial charge in [-0.3, -0.25) is 9.59 Å². The van der Waals surface area contributed by atoms with E-state index in [2.05, 4.69) is 0 Å². The van der Waals surface area contributed by atoms with Crippen molar-refractivity contribution in [3.8, 4) is 0 Å². The number of hydrogen-bond donors (Lipinski definition) is 1. The fraction of sp³-hybridized carbons (Fsp3) is 0.333. The van der Waals surface area contributed by atoms with E-state index in [1.165, 1.54) is 6.08 Å². The molecule has 1 atom stereocenters. The molecule has 21 heavy (non-hydrogen) atoms. The summed E-state index contributed by atoms with van der Waals surface area (Å²) in [4.78, 5) is 24.6. The maximum Gasteiger partial charge on any atom is 0.305 e. The number of carboxylic acids is 1. The fourth-order valence-electron chi connectivity index (χ4n) is 2.45. The second-order valence-electron chi connectivity index (χ2n) is 4.90. The van der Waals surface area contributed by atoms with Crippen LogP contribution >= 0.6 is 23.2 Å². The van der Waals surface area contributed by atoms with E-state index in [0.717, 1.165) is 12.8 Å². The number of nitrogens with zero attached hydrogens (tertiary/aromatic N) is 1. The van der Waals surface area contributed by atoms with Crippen LogP contribution in [-0.2, 0) is 9.59 Å². The lowest BCUT2D eigenvalue weighted by atomic mass is 10.1. The van der Waals surface area contributed by atoms with Gasteiger partial charge in [0.15, 0.2) is 0 Å². The number of hydrogen-bond acceptors (Lipinski definition) is 2. The highest BCUT2D eigenvalue weighted by Gasteiger charge is 2.29. The van der Waals surface area contributed by atoms with Gasteiger partial charge in [-0.15, -0.1) is 0 Å². The maximum absolute atomic E-state index is 12.2. The highest BCUT2D eigenvalue weighted by atomic mass is 35.5. The molecule has 0 bridgehead atoms. The van der Waals surface area contributed by atoms with Crippen LogP contribution in [0, 0.1) is 0 Å². The lowest BCUT2D eigenvalue weighted by Crippen LogP contribution is -2.35. The van der Waals surface area contributed by atoms with Gasteiger partial charge in [0.25, 0.3) is 0 Å². The number of rotatable bonds is 4. The number of amides is 1. The van der Waals surface area contributed by atoms with E-state index in [1.54, 1.807) is 29.2 Å². The summed E-state index contributed by atoms with van der Waals surface area (Å²) in [5.41, 5.74) is 0.659. The Morgan fingerprint density at radius 1 is 1.38 bits per heavy atom. The van der Waals surface area contributed by atoms with E-state index in [-0.39, 0.29) is 18.4 Å². The van der Waals surface area contributed by atoms with Crippen LogP contribution in [0.2, 0.25) is 10.0 Å². The number of carboxylic acid groups (broad SMARTS) is 1. The van der Waals surface area contributed by atoms with E-state index >= 15 is 0 Å². The molecule has 1 unspecified atom stereocenters. The van der Waals surface area contributed by atoms with Gasteiger partial charge in [0, 0.05) is 18.7 Å². The third kappa shape index (κ3) is 3.99. The van der Waals surface area contributed by atoms with Gasteiger partial charge in [0.1, 0.15) is 0 Å². The number of carbonyl (C=O) groups excluding carboxylic acids is 1. The molecule has 1 amide bonds. The Hall–Kier alpha value is -1.52. The van der Waals surface area contributed by atoms with Crippen LogP contribution in [0.1, 0.15) is 24.8 Å². The number of aliphatic carboxylic acids is 1. The van der Waals surface area contributed by atoms with Gasteiger partial charge in [-0.2, -0.15) is 0 Å². The average Bonchev–Trinajstić information content (AvgIpc) is 2.87. The van der Waals surface area contributed by atoms with Gasteiger partial charge in [0.05, 0.1) is 16.5 Å². The Labute approximate surface area is 133 Å². The van der Waals surface area contributed by atoms with Crippen LogP contribution in [0.25, 0.3) is 6.08 Å². The minimum absolute atomic E-state index is 0.0164. The highest BCUT2D eigenvalue weighted by molar-refractivity contribution is 6.42. The Morgan fingerprint density at radius 2 is 2.14 bits per heavy atom. The first kappa shape index (κ1) is 15.9. The molecule has 1 fully saturated rings. The molecule has 1 aliphatic rings. The molecule has 0 aliphatic carbocycles. The van der Waals surface area contributed by atoms with Crippen molar-refractivity contribution in [2.24, 2.45) is 0 Å². The van der Waals surface area contributed by atoms with Gasteiger partial charge < -0.3 is 10.0 Å². The first-order valence-corrected chi connectivity index (χ1v) is 7.39. The van der Waals surface area contributed by atoms with E-state index < -0.39 is 5.97 Å². The molecule has 0 radical (unpaired) electrons. The second-order valence-corrected chi connectivity index (χ2v) is 5.69. The standard InChI is InChI=1S/C15H15Cl2NO3/c16-12-5-1-3-10(15(12)17)6-7-13(19)18-8-2-4-11(18)9-14(20)21/h1,3,5-7,11H,2,4,8-9H2,(H,20,21). The van der Waals surface area contributed by atoms with Crippen molar-refractivity contribution in [1.29, 1.82) is 0 Å². The fourth-order valence-corrected chi connectivity index (χ4v) is 2.82. The van der Waals surface area contributed by atoms with Gasteiger partial charge in [-0.25, -0.2) is 0 Å². The number of benzene rings is 1. The lowest BCUT2D eigenvalue weighted by molar-refractivity contribution is -0.139. The van der Waals surface area contributed by atoms with Crippen LogP contribution in [0.15, 0.2) is 24.3 Å². The molecule has 4 nitrogen and oxygen atoms in total. The summed E-state index contributed by atoms with van der Waals surface area (Å²) in [6, 6.07) is 4.96. The van der Waals surface area contributed by atoms with Gasteiger partial charge in [-0.05, 0) is 30.5 Å². The largest absolute Gasteiger partial charge is 0.481 e. The predicted molar refractivity (Wildman–Crippen MR) is 82.5 cm³/mol. The minimum atomic E-state index is -0.887. The zero-order valence-electron chi connectivity index (χ0n) is 11.3. The molecule has 112 valence electrons. The van der Waals surface area contributed by atoms with E-state index in [1.807, 2.05) is 0 Å². The molecule has 1 heterocycles.